The van der Waals surface area contributed by atoms with E-state index in [-0.39, 0.29) is 6.61 Å². The van der Waals surface area contributed by atoms with Crippen LogP contribution in [0.25, 0.3) is 0 Å². The van der Waals surface area contributed by atoms with Crippen molar-refractivity contribution in [3.8, 4) is 11.5 Å². The molecule has 0 heterocycles. The Morgan fingerprint density at radius 2 is 1.87 bits per heavy atom. The van der Waals surface area contributed by atoms with Gasteiger partial charge in [-0.15, -0.1) is 0 Å². The summed E-state index contributed by atoms with van der Waals surface area (Å²) in [5, 5.41) is 0. The molecule has 0 saturated heterocycles. The lowest BCUT2D eigenvalue weighted by molar-refractivity contribution is -0.142. The third kappa shape index (κ3) is 4.85. The van der Waals surface area contributed by atoms with Crippen LogP contribution in [-0.4, -0.2) is 33.0 Å². The van der Waals surface area contributed by atoms with E-state index in [4.69, 9.17) is 9.47 Å². The van der Waals surface area contributed by atoms with Gasteiger partial charge in [-0.25, -0.2) is 4.79 Å². The number of aliphatic imine (C=N–C) groups is 1. The van der Waals surface area contributed by atoms with Crippen molar-refractivity contribution in [2.45, 2.75) is 6.92 Å². The maximum absolute atomic E-state index is 11.0. The zero-order valence-electron chi connectivity index (χ0n) is 13.4. The molecule has 2 aromatic carbocycles. The highest BCUT2D eigenvalue weighted by atomic mass is 16.6. The van der Waals surface area contributed by atoms with Gasteiger partial charge in [-0.05, 0) is 54.4 Å². The van der Waals surface area contributed by atoms with Crippen LogP contribution in [0.15, 0.2) is 47.5 Å². The fourth-order valence-corrected chi connectivity index (χ4v) is 1.90. The van der Waals surface area contributed by atoms with E-state index in [1.165, 1.54) is 7.11 Å². The Morgan fingerprint density at radius 1 is 1.13 bits per heavy atom. The van der Waals surface area contributed by atoms with Crippen molar-refractivity contribution in [3.05, 3.63) is 53.6 Å². The topological polar surface area (TPSA) is 57.1 Å². The molecular formula is C18H19NO4. The number of carbonyl (C=O) groups excluding carboxylic acids is 1. The maximum Gasteiger partial charge on any atom is 0.343 e. The van der Waals surface area contributed by atoms with Gasteiger partial charge in [-0.3, -0.25) is 4.99 Å². The summed E-state index contributed by atoms with van der Waals surface area (Å²) < 4.78 is 15.1. The summed E-state index contributed by atoms with van der Waals surface area (Å²) in [4.78, 5) is 15.5. The van der Waals surface area contributed by atoms with E-state index < -0.39 is 5.97 Å². The number of aryl methyl sites for hydroxylation is 1. The summed E-state index contributed by atoms with van der Waals surface area (Å²) in [6, 6.07) is 13.1. The van der Waals surface area contributed by atoms with Crippen LogP contribution in [-0.2, 0) is 9.53 Å². The highest BCUT2D eigenvalue weighted by Gasteiger charge is 2.02. The van der Waals surface area contributed by atoms with E-state index in [0.717, 1.165) is 22.6 Å². The van der Waals surface area contributed by atoms with E-state index >= 15 is 0 Å². The van der Waals surface area contributed by atoms with Crippen molar-refractivity contribution < 1.29 is 19.0 Å². The molecule has 0 fully saturated rings. The normalized spacial score (nSPS) is 10.6. The minimum absolute atomic E-state index is 0.107. The first-order chi connectivity index (χ1) is 11.1. The monoisotopic (exact) mass is 313 g/mol. The van der Waals surface area contributed by atoms with Crippen LogP contribution in [0.2, 0.25) is 0 Å². The number of hydrogen-bond acceptors (Lipinski definition) is 5. The van der Waals surface area contributed by atoms with Crippen LogP contribution in [0.4, 0.5) is 5.69 Å². The van der Waals surface area contributed by atoms with Crippen molar-refractivity contribution in [1.82, 2.24) is 0 Å². The van der Waals surface area contributed by atoms with Crippen LogP contribution >= 0.6 is 0 Å². The smallest absolute Gasteiger partial charge is 0.343 e. The minimum Gasteiger partial charge on any atom is -0.494 e. The SMILES string of the molecule is COC(=O)COc1ccc(C=Nc2cc(C)ccc2OC)cc1. The molecule has 120 valence electrons. The number of methoxy groups -OCH3 is 2. The number of benzene rings is 2. The molecule has 2 aromatic rings. The van der Waals surface area contributed by atoms with Gasteiger partial charge in [0.25, 0.3) is 0 Å². The minimum atomic E-state index is -0.415. The Kier molecular flexibility index (Phi) is 5.74. The van der Waals surface area contributed by atoms with Gasteiger partial charge in [0, 0.05) is 6.21 Å². The fraction of sp³-hybridized carbons (Fsp3) is 0.222. The second-order valence-electron chi connectivity index (χ2n) is 4.87. The molecule has 0 saturated carbocycles. The fourth-order valence-electron chi connectivity index (χ4n) is 1.90. The van der Waals surface area contributed by atoms with E-state index in [9.17, 15) is 4.79 Å². The maximum atomic E-state index is 11.0. The van der Waals surface area contributed by atoms with Crippen LogP contribution in [0.5, 0.6) is 11.5 Å². The summed E-state index contributed by atoms with van der Waals surface area (Å²) in [7, 11) is 2.95. The zero-order chi connectivity index (χ0) is 16.7. The first-order valence-electron chi connectivity index (χ1n) is 7.11. The highest BCUT2D eigenvalue weighted by molar-refractivity contribution is 5.83. The Bertz CT molecular complexity index is 693. The first-order valence-corrected chi connectivity index (χ1v) is 7.11. The predicted molar refractivity (Wildman–Crippen MR) is 88.9 cm³/mol. The summed E-state index contributed by atoms with van der Waals surface area (Å²) >= 11 is 0. The Labute approximate surface area is 135 Å². The van der Waals surface area contributed by atoms with Crippen molar-refractivity contribution in [3.63, 3.8) is 0 Å². The summed E-state index contributed by atoms with van der Waals surface area (Å²) in [5.74, 6) is 0.910. The molecule has 0 aliphatic carbocycles. The molecule has 23 heavy (non-hydrogen) atoms. The van der Waals surface area contributed by atoms with Gasteiger partial charge in [0.2, 0.25) is 0 Å². The lowest BCUT2D eigenvalue weighted by atomic mass is 10.2. The molecule has 0 atom stereocenters. The van der Waals surface area contributed by atoms with Gasteiger partial charge in [-0.2, -0.15) is 0 Å². The predicted octanol–water partition coefficient (Wildman–Crippen LogP) is 3.31. The molecule has 2 rings (SSSR count). The molecule has 5 nitrogen and oxygen atoms in total. The molecule has 0 spiro atoms. The molecule has 0 unspecified atom stereocenters. The van der Waals surface area contributed by atoms with Gasteiger partial charge in [0.15, 0.2) is 6.61 Å². The highest BCUT2D eigenvalue weighted by Crippen LogP contribution is 2.28. The molecule has 0 aliphatic heterocycles. The van der Waals surface area contributed by atoms with Crippen molar-refractivity contribution in [2.75, 3.05) is 20.8 Å². The summed E-state index contributed by atoms with van der Waals surface area (Å²) in [6.07, 6.45) is 1.75. The van der Waals surface area contributed by atoms with Crippen LogP contribution in [0.3, 0.4) is 0 Å². The van der Waals surface area contributed by atoms with Crippen molar-refractivity contribution in [1.29, 1.82) is 0 Å². The molecule has 0 amide bonds. The van der Waals surface area contributed by atoms with Gasteiger partial charge >= 0.3 is 5.97 Å². The standard InChI is InChI=1S/C18H19NO4/c1-13-4-9-17(21-2)16(10-13)19-11-14-5-7-15(8-6-14)23-12-18(20)22-3/h4-11H,12H2,1-3H3. The van der Waals surface area contributed by atoms with E-state index in [2.05, 4.69) is 9.73 Å². The number of nitrogens with zero attached hydrogens (tertiary/aromatic N) is 1. The van der Waals surface area contributed by atoms with E-state index in [1.54, 1.807) is 25.5 Å². The van der Waals surface area contributed by atoms with Gasteiger partial charge in [0.05, 0.1) is 14.2 Å². The Balaban J connectivity index is 2.06. The number of ether oxygens (including phenoxy) is 3. The third-order valence-electron chi connectivity index (χ3n) is 3.15. The first kappa shape index (κ1) is 16.5. The second-order valence-corrected chi connectivity index (χ2v) is 4.87. The lowest BCUT2D eigenvalue weighted by Gasteiger charge is -2.06. The number of hydrogen-bond donors (Lipinski definition) is 0. The van der Waals surface area contributed by atoms with Gasteiger partial charge < -0.3 is 14.2 Å². The average Bonchev–Trinajstić information content (AvgIpc) is 2.58. The van der Waals surface area contributed by atoms with Gasteiger partial charge in [-0.1, -0.05) is 6.07 Å². The number of rotatable bonds is 6. The molecule has 0 radical (unpaired) electrons. The van der Waals surface area contributed by atoms with Crippen LogP contribution in [0, 0.1) is 6.92 Å². The second kappa shape index (κ2) is 7.98. The Morgan fingerprint density at radius 3 is 2.52 bits per heavy atom. The largest absolute Gasteiger partial charge is 0.494 e. The van der Waals surface area contributed by atoms with E-state index in [1.807, 2.05) is 37.3 Å². The molecule has 0 bridgehead atoms. The molecule has 5 heteroatoms. The Hall–Kier alpha value is -2.82. The molecule has 0 aliphatic rings. The van der Waals surface area contributed by atoms with Gasteiger partial charge in [0.1, 0.15) is 17.2 Å². The van der Waals surface area contributed by atoms with Crippen LogP contribution < -0.4 is 9.47 Å². The summed E-state index contributed by atoms with van der Waals surface area (Å²) in [5.41, 5.74) is 2.81. The summed E-state index contributed by atoms with van der Waals surface area (Å²) in [6.45, 7) is 1.90. The zero-order valence-corrected chi connectivity index (χ0v) is 13.4. The third-order valence-corrected chi connectivity index (χ3v) is 3.15. The molecule has 0 aromatic heterocycles. The quantitative estimate of drug-likeness (QED) is 0.606. The number of esters is 1. The molecular weight excluding hydrogens is 294 g/mol. The van der Waals surface area contributed by atoms with Crippen LogP contribution in [0.1, 0.15) is 11.1 Å². The van der Waals surface area contributed by atoms with E-state index in [0.29, 0.717) is 5.75 Å². The lowest BCUT2D eigenvalue weighted by Crippen LogP contribution is -2.12. The number of carbonyl (C=O) groups is 1. The van der Waals surface area contributed by atoms with Crippen molar-refractivity contribution >= 4 is 17.9 Å². The molecule has 0 N–H and O–H groups in total. The van der Waals surface area contributed by atoms with Crippen molar-refractivity contribution in [2.24, 2.45) is 4.99 Å². The average molecular weight is 313 g/mol.